The molecular weight excluding hydrogens is 375 g/mol. The summed E-state index contributed by atoms with van der Waals surface area (Å²) in [5.74, 6) is 0. The van der Waals surface area contributed by atoms with Crippen LogP contribution in [-0.2, 0) is 13.0 Å². The van der Waals surface area contributed by atoms with Crippen LogP contribution in [0.15, 0.2) is 35.3 Å². The second-order valence-corrected chi connectivity index (χ2v) is 6.98. The van der Waals surface area contributed by atoms with Crippen LogP contribution in [0.25, 0.3) is 0 Å². The second kappa shape index (κ2) is 6.74. The highest BCUT2D eigenvalue weighted by atomic mass is 35.5. The summed E-state index contributed by atoms with van der Waals surface area (Å²) in [6.07, 6.45) is 2.30. The van der Waals surface area contributed by atoms with E-state index < -0.39 is 5.56 Å². The number of rotatable bonds is 3. The fourth-order valence-electron chi connectivity index (χ4n) is 3.29. The minimum Gasteiger partial charge on any atom is -0.362 e. The Labute approximate surface area is 159 Å². The molecule has 1 aliphatic heterocycles. The molecule has 7 nitrogen and oxygen atoms in total. The lowest BCUT2D eigenvalue weighted by molar-refractivity contribution is 0.517. The van der Waals surface area contributed by atoms with Crippen LogP contribution in [0.5, 0.6) is 0 Å². The van der Waals surface area contributed by atoms with Gasteiger partial charge in [0.25, 0.3) is 5.56 Å². The zero-order valence-corrected chi connectivity index (χ0v) is 15.5. The molecule has 0 saturated carbocycles. The molecule has 2 aromatic heterocycles. The number of H-pyrrole nitrogens is 1. The first-order chi connectivity index (χ1) is 12.6. The van der Waals surface area contributed by atoms with Crippen molar-refractivity contribution >= 4 is 28.9 Å². The normalized spacial score (nSPS) is 15.0. The predicted molar refractivity (Wildman–Crippen MR) is 99.9 cm³/mol. The van der Waals surface area contributed by atoms with Gasteiger partial charge in [0, 0.05) is 18.0 Å². The maximum absolute atomic E-state index is 11.7. The molecule has 134 valence electrons. The molecule has 0 aliphatic carbocycles. The van der Waals surface area contributed by atoms with Gasteiger partial charge in [-0.1, -0.05) is 46.6 Å². The summed E-state index contributed by atoms with van der Waals surface area (Å²) in [6.45, 7) is 3.27. The molecule has 1 unspecified atom stereocenters. The fourth-order valence-corrected chi connectivity index (χ4v) is 3.79. The Kier molecular flexibility index (Phi) is 4.42. The van der Waals surface area contributed by atoms with Gasteiger partial charge in [0.1, 0.15) is 10.7 Å². The van der Waals surface area contributed by atoms with Gasteiger partial charge in [0.05, 0.1) is 30.2 Å². The van der Waals surface area contributed by atoms with Gasteiger partial charge in [-0.05, 0) is 18.6 Å². The maximum Gasteiger partial charge on any atom is 0.285 e. The lowest BCUT2D eigenvalue weighted by Crippen LogP contribution is -2.33. The minimum atomic E-state index is -0.397. The highest BCUT2D eigenvalue weighted by molar-refractivity contribution is 6.33. The number of hydrogen-bond donors (Lipinski definition) is 1. The summed E-state index contributed by atoms with van der Waals surface area (Å²) < 4.78 is 1.92. The lowest BCUT2D eigenvalue weighted by atomic mass is 10.1. The average Bonchev–Trinajstić information content (AvgIpc) is 3.07. The lowest BCUT2D eigenvalue weighted by Gasteiger charge is -2.29. The van der Waals surface area contributed by atoms with Crippen molar-refractivity contribution in [3.05, 3.63) is 67.8 Å². The molecule has 0 bridgehead atoms. The van der Waals surface area contributed by atoms with E-state index in [1.807, 2.05) is 33.8 Å². The van der Waals surface area contributed by atoms with Gasteiger partial charge in [-0.3, -0.25) is 4.79 Å². The van der Waals surface area contributed by atoms with Gasteiger partial charge in [0.2, 0.25) is 0 Å². The van der Waals surface area contributed by atoms with E-state index in [9.17, 15) is 4.79 Å². The molecule has 0 spiro atoms. The molecule has 9 heteroatoms. The first kappa shape index (κ1) is 17.1. The number of aromatic nitrogens is 5. The van der Waals surface area contributed by atoms with Crippen LogP contribution in [0.1, 0.15) is 29.9 Å². The van der Waals surface area contributed by atoms with Crippen molar-refractivity contribution < 1.29 is 0 Å². The molecule has 0 radical (unpaired) electrons. The van der Waals surface area contributed by atoms with Crippen LogP contribution in [0.2, 0.25) is 10.0 Å². The third kappa shape index (κ3) is 2.87. The first-order valence-electron chi connectivity index (χ1n) is 8.21. The van der Waals surface area contributed by atoms with E-state index in [1.165, 1.54) is 0 Å². The third-order valence-electron chi connectivity index (χ3n) is 4.67. The standard InChI is InChI=1S/C17H16Cl2N6O/c1-10(11-4-2-3-5-12(11)18)25-14-6-7-24(9-13(14)21-23-25)15-8-20-22-17(26)16(15)19/h2-5,8,10H,6-7,9H2,1H3,(H,22,26). The Balaban J connectivity index is 1.64. The van der Waals surface area contributed by atoms with Gasteiger partial charge in [0.15, 0.2) is 0 Å². The van der Waals surface area contributed by atoms with Gasteiger partial charge in [-0.25, -0.2) is 9.78 Å². The summed E-state index contributed by atoms with van der Waals surface area (Å²) in [5.41, 5.74) is 3.15. The van der Waals surface area contributed by atoms with E-state index in [4.69, 9.17) is 23.2 Å². The Hall–Kier alpha value is -2.38. The predicted octanol–water partition coefficient (Wildman–Crippen LogP) is 2.84. The molecule has 0 amide bonds. The third-order valence-corrected chi connectivity index (χ3v) is 5.38. The van der Waals surface area contributed by atoms with E-state index in [2.05, 4.69) is 27.4 Å². The van der Waals surface area contributed by atoms with Gasteiger partial charge >= 0.3 is 0 Å². The molecule has 1 aliphatic rings. The van der Waals surface area contributed by atoms with Crippen LogP contribution in [0.4, 0.5) is 5.69 Å². The number of nitrogens with zero attached hydrogens (tertiary/aromatic N) is 5. The number of halogens is 2. The Morgan fingerprint density at radius 2 is 2.08 bits per heavy atom. The SMILES string of the molecule is CC(c1ccccc1Cl)n1nnc2c1CCN(c1cn[nH]c(=O)c1Cl)C2. The zero-order valence-electron chi connectivity index (χ0n) is 14.0. The van der Waals surface area contributed by atoms with E-state index in [-0.39, 0.29) is 11.1 Å². The van der Waals surface area contributed by atoms with Crippen molar-refractivity contribution in [3.8, 4) is 0 Å². The number of benzene rings is 1. The van der Waals surface area contributed by atoms with Gasteiger partial charge in [-0.15, -0.1) is 5.10 Å². The smallest absolute Gasteiger partial charge is 0.285 e. The number of anilines is 1. The molecule has 1 N–H and O–H groups in total. The Morgan fingerprint density at radius 1 is 1.27 bits per heavy atom. The van der Waals surface area contributed by atoms with E-state index in [0.717, 1.165) is 23.4 Å². The van der Waals surface area contributed by atoms with Crippen LogP contribution in [0, 0.1) is 0 Å². The van der Waals surface area contributed by atoms with Crippen LogP contribution >= 0.6 is 23.2 Å². The largest absolute Gasteiger partial charge is 0.362 e. The highest BCUT2D eigenvalue weighted by Gasteiger charge is 2.27. The summed E-state index contributed by atoms with van der Waals surface area (Å²) in [7, 11) is 0. The number of fused-ring (bicyclic) bond motifs is 1. The van der Waals surface area contributed by atoms with Crippen molar-refractivity contribution in [2.24, 2.45) is 0 Å². The Bertz CT molecular complexity index is 1010. The van der Waals surface area contributed by atoms with Crippen LogP contribution < -0.4 is 10.5 Å². The molecule has 0 saturated heterocycles. The summed E-state index contributed by atoms with van der Waals surface area (Å²) in [4.78, 5) is 13.7. The minimum absolute atomic E-state index is 0.0173. The zero-order chi connectivity index (χ0) is 18.3. The quantitative estimate of drug-likeness (QED) is 0.743. The van der Waals surface area contributed by atoms with E-state index >= 15 is 0 Å². The summed E-state index contributed by atoms with van der Waals surface area (Å²) >= 11 is 12.5. The summed E-state index contributed by atoms with van der Waals surface area (Å²) in [6, 6.07) is 7.73. The molecular formula is C17H16Cl2N6O. The molecule has 3 heterocycles. The molecule has 0 fully saturated rings. The van der Waals surface area contributed by atoms with Crippen molar-refractivity contribution in [2.75, 3.05) is 11.4 Å². The molecule has 3 aromatic rings. The van der Waals surface area contributed by atoms with E-state index in [0.29, 0.717) is 23.8 Å². The number of aromatic amines is 1. The molecule has 1 aromatic carbocycles. The second-order valence-electron chi connectivity index (χ2n) is 6.19. The van der Waals surface area contributed by atoms with E-state index in [1.54, 1.807) is 6.20 Å². The van der Waals surface area contributed by atoms with Crippen LogP contribution in [-0.4, -0.2) is 31.7 Å². The van der Waals surface area contributed by atoms with Crippen molar-refractivity contribution in [2.45, 2.75) is 25.9 Å². The van der Waals surface area contributed by atoms with Crippen molar-refractivity contribution in [1.29, 1.82) is 0 Å². The number of nitrogens with one attached hydrogen (secondary N) is 1. The monoisotopic (exact) mass is 390 g/mol. The fraction of sp³-hybridized carbons (Fsp3) is 0.294. The van der Waals surface area contributed by atoms with Crippen molar-refractivity contribution in [3.63, 3.8) is 0 Å². The highest BCUT2D eigenvalue weighted by Crippen LogP contribution is 2.30. The van der Waals surface area contributed by atoms with Crippen molar-refractivity contribution in [1.82, 2.24) is 25.2 Å². The first-order valence-corrected chi connectivity index (χ1v) is 8.97. The molecule has 4 rings (SSSR count). The molecule has 1 atom stereocenters. The number of hydrogen-bond acceptors (Lipinski definition) is 5. The Morgan fingerprint density at radius 3 is 2.88 bits per heavy atom. The average molecular weight is 391 g/mol. The maximum atomic E-state index is 11.7. The molecule has 26 heavy (non-hydrogen) atoms. The van der Waals surface area contributed by atoms with Gasteiger partial charge < -0.3 is 4.90 Å². The summed E-state index contributed by atoms with van der Waals surface area (Å²) in [5, 5.41) is 15.7. The van der Waals surface area contributed by atoms with Gasteiger partial charge in [-0.2, -0.15) is 5.10 Å². The topological polar surface area (TPSA) is 79.7 Å². The van der Waals surface area contributed by atoms with Crippen LogP contribution in [0.3, 0.4) is 0 Å².